The maximum Gasteiger partial charge on any atom is 0.309 e. The Morgan fingerprint density at radius 3 is 2.14 bits per heavy atom. The first-order valence-electron chi connectivity index (χ1n) is 10.5. The summed E-state index contributed by atoms with van der Waals surface area (Å²) in [5, 5.41) is 0. The average molecular weight is 382 g/mol. The highest BCUT2D eigenvalue weighted by molar-refractivity contribution is 5.72. The standard InChI is InChI=1S/C25H35NO2/c1-5-6-9-18-24(20(2)25(27)28-4)26(19-22-14-10-7-11-15-22)21(3)23-16-12-8-13-17-23/h7-8,10-17,20-21,24H,5-6,9,18-19H2,1-4H3/t20-,21-,24-/m1/s1. The van der Waals surface area contributed by atoms with Gasteiger partial charge in [0.1, 0.15) is 0 Å². The Kier molecular flexibility index (Phi) is 9.22. The SMILES string of the molecule is CCCCC[C@H]([C@@H](C)C(=O)OC)N(Cc1ccccc1)[C@H](C)c1ccccc1. The average Bonchev–Trinajstić information content (AvgIpc) is 2.75. The number of carbonyl (C=O) groups is 1. The van der Waals surface area contributed by atoms with Gasteiger partial charge in [0, 0.05) is 18.6 Å². The van der Waals surface area contributed by atoms with Gasteiger partial charge in [0.15, 0.2) is 0 Å². The van der Waals surface area contributed by atoms with E-state index in [1.165, 1.54) is 31.1 Å². The molecule has 0 saturated heterocycles. The van der Waals surface area contributed by atoms with Gasteiger partial charge in [-0.25, -0.2) is 0 Å². The number of carbonyl (C=O) groups excluding carboxylic acids is 1. The molecule has 2 aromatic rings. The molecule has 0 aliphatic heterocycles. The van der Waals surface area contributed by atoms with E-state index >= 15 is 0 Å². The molecular formula is C25H35NO2. The first-order chi connectivity index (χ1) is 13.6. The van der Waals surface area contributed by atoms with Crippen molar-refractivity contribution in [3.05, 3.63) is 71.8 Å². The van der Waals surface area contributed by atoms with Gasteiger partial charge in [0.25, 0.3) is 0 Å². The van der Waals surface area contributed by atoms with Crippen molar-refractivity contribution in [1.82, 2.24) is 4.90 Å². The summed E-state index contributed by atoms with van der Waals surface area (Å²) < 4.78 is 5.12. The molecule has 28 heavy (non-hydrogen) atoms. The number of methoxy groups -OCH3 is 1. The van der Waals surface area contributed by atoms with Gasteiger partial charge >= 0.3 is 5.97 Å². The largest absolute Gasteiger partial charge is 0.469 e. The number of ether oxygens (including phenoxy) is 1. The lowest BCUT2D eigenvalue weighted by molar-refractivity contribution is -0.148. The maximum atomic E-state index is 12.5. The van der Waals surface area contributed by atoms with Crippen LogP contribution >= 0.6 is 0 Å². The number of hydrogen-bond acceptors (Lipinski definition) is 3. The molecule has 152 valence electrons. The molecule has 0 aromatic heterocycles. The van der Waals surface area contributed by atoms with E-state index in [9.17, 15) is 4.79 Å². The summed E-state index contributed by atoms with van der Waals surface area (Å²) in [7, 11) is 1.49. The minimum Gasteiger partial charge on any atom is -0.469 e. The van der Waals surface area contributed by atoms with Crippen molar-refractivity contribution in [2.24, 2.45) is 5.92 Å². The van der Waals surface area contributed by atoms with Gasteiger partial charge in [-0.3, -0.25) is 9.69 Å². The van der Waals surface area contributed by atoms with Gasteiger partial charge in [0.2, 0.25) is 0 Å². The van der Waals surface area contributed by atoms with E-state index in [0.29, 0.717) is 0 Å². The van der Waals surface area contributed by atoms with Gasteiger partial charge in [-0.05, 0) is 24.5 Å². The fourth-order valence-corrected chi connectivity index (χ4v) is 3.91. The van der Waals surface area contributed by atoms with Crippen molar-refractivity contribution in [1.29, 1.82) is 0 Å². The van der Waals surface area contributed by atoms with Crippen LogP contribution in [0, 0.1) is 5.92 Å². The third-order valence-electron chi connectivity index (χ3n) is 5.67. The summed E-state index contributed by atoms with van der Waals surface area (Å²) in [5.74, 6) is -0.295. The van der Waals surface area contributed by atoms with Crippen molar-refractivity contribution in [2.75, 3.05) is 7.11 Å². The second-order valence-electron chi connectivity index (χ2n) is 7.62. The van der Waals surface area contributed by atoms with Crippen LogP contribution in [0.1, 0.15) is 63.6 Å². The third-order valence-corrected chi connectivity index (χ3v) is 5.67. The summed E-state index contributed by atoms with van der Waals surface area (Å²) in [6.45, 7) is 7.29. The van der Waals surface area contributed by atoms with Crippen molar-refractivity contribution < 1.29 is 9.53 Å². The van der Waals surface area contributed by atoms with E-state index in [4.69, 9.17) is 4.74 Å². The zero-order chi connectivity index (χ0) is 20.4. The van der Waals surface area contributed by atoms with Crippen molar-refractivity contribution in [2.45, 2.75) is 65.1 Å². The first kappa shape index (κ1) is 22.2. The monoisotopic (exact) mass is 381 g/mol. The molecule has 0 aliphatic rings. The molecule has 0 unspecified atom stereocenters. The molecular weight excluding hydrogens is 346 g/mol. The number of esters is 1. The molecule has 0 heterocycles. The van der Waals surface area contributed by atoms with E-state index in [2.05, 4.69) is 67.3 Å². The molecule has 0 fully saturated rings. The predicted molar refractivity (Wildman–Crippen MR) is 116 cm³/mol. The summed E-state index contributed by atoms with van der Waals surface area (Å²) in [5.41, 5.74) is 2.54. The fraction of sp³-hybridized carbons (Fsp3) is 0.480. The maximum absolute atomic E-state index is 12.5. The van der Waals surface area contributed by atoms with E-state index in [-0.39, 0.29) is 24.0 Å². The molecule has 0 N–H and O–H groups in total. The Bertz CT molecular complexity index is 686. The van der Waals surface area contributed by atoms with Gasteiger partial charge in [-0.15, -0.1) is 0 Å². The van der Waals surface area contributed by atoms with Crippen LogP contribution in [0.25, 0.3) is 0 Å². The van der Waals surface area contributed by atoms with Crippen LogP contribution in [-0.4, -0.2) is 24.0 Å². The second kappa shape index (κ2) is 11.7. The first-order valence-corrected chi connectivity index (χ1v) is 10.5. The fourth-order valence-electron chi connectivity index (χ4n) is 3.91. The van der Waals surface area contributed by atoms with Crippen molar-refractivity contribution in [3.8, 4) is 0 Å². The number of benzene rings is 2. The Morgan fingerprint density at radius 2 is 1.57 bits per heavy atom. The van der Waals surface area contributed by atoms with Crippen LogP contribution in [0.3, 0.4) is 0 Å². The number of nitrogens with zero attached hydrogens (tertiary/aromatic N) is 1. The van der Waals surface area contributed by atoms with Crippen LogP contribution in [-0.2, 0) is 16.1 Å². The lowest BCUT2D eigenvalue weighted by Gasteiger charge is -2.39. The molecule has 0 spiro atoms. The zero-order valence-corrected chi connectivity index (χ0v) is 17.8. The van der Waals surface area contributed by atoms with Crippen LogP contribution in [0.5, 0.6) is 0 Å². The molecule has 0 bridgehead atoms. The Morgan fingerprint density at radius 1 is 0.964 bits per heavy atom. The van der Waals surface area contributed by atoms with Gasteiger partial charge in [0.05, 0.1) is 13.0 Å². The van der Waals surface area contributed by atoms with Gasteiger partial charge in [-0.1, -0.05) is 93.8 Å². The highest BCUT2D eigenvalue weighted by Gasteiger charge is 2.32. The molecule has 3 nitrogen and oxygen atoms in total. The van der Waals surface area contributed by atoms with Crippen LogP contribution in [0.2, 0.25) is 0 Å². The number of hydrogen-bond donors (Lipinski definition) is 0. The summed E-state index contributed by atoms with van der Waals surface area (Å²) in [6.07, 6.45) is 4.47. The normalized spacial score (nSPS) is 14.5. The Hall–Kier alpha value is -2.13. The van der Waals surface area contributed by atoms with Crippen LogP contribution in [0.4, 0.5) is 0 Å². The minimum absolute atomic E-state index is 0.125. The van der Waals surface area contributed by atoms with Gasteiger partial charge < -0.3 is 4.74 Å². The van der Waals surface area contributed by atoms with Gasteiger partial charge in [-0.2, -0.15) is 0 Å². The molecule has 0 aliphatic carbocycles. The lowest BCUT2D eigenvalue weighted by Crippen LogP contribution is -2.44. The van der Waals surface area contributed by atoms with Crippen LogP contribution < -0.4 is 0 Å². The summed E-state index contributed by atoms with van der Waals surface area (Å²) >= 11 is 0. The van der Waals surface area contributed by atoms with E-state index < -0.39 is 0 Å². The zero-order valence-electron chi connectivity index (χ0n) is 17.8. The topological polar surface area (TPSA) is 29.5 Å². The molecule has 0 radical (unpaired) electrons. The molecule has 0 saturated carbocycles. The molecule has 0 amide bonds. The van der Waals surface area contributed by atoms with E-state index in [1.54, 1.807) is 0 Å². The third kappa shape index (κ3) is 6.20. The molecule has 3 heteroatoms. The minimum atomic E-state index is -0.170. The highest BCUT2D eigenvalue weighted by atomic mass is 16.5. The second-order valence-corrected chi connectivity index (χ2v) is 7.62. The molecule has 3 atom stereocenters. The number of rotatable bonds is 11. The highest BCUT2D eigenvalue weighted by Crippen LogP contribution is 2.31. The smallest absolute Gasteiger partial charge is 0.309 e. The van der Waals surface area contributed by atoms with Crippen molar-refractivity contribution in [3.63, 3.8) is 0 Å². The molecule has 2 aromatic carbocycles. The summed E-state index contributed by atoms with van der Waals surface area (Å²) in [4.78, 5) is 14.9. The van der Waals surface area contributed by atoms with E-state index in [0.717, 1.165) is 19.4 Å². The Balaban J connectivity index is 2.36. The summed E-state index contributed by atoms with van der Waals surface area (Å²) in [6, 6.07) is 21.4. The molecule has 2 rings (SSSR count). The predicted octanol–water partition coefficient (Wildman–Crippen LogP) is 6.01. The number of unbranched alkanes of at least 4 members (excludes halogenated alkanes) is 2. The quantitative estimate of drug-likeness (QED) is 0.353. The Labute approximate surface area is 170 Å². The van der Waals surface area contributed by atoms with Crippen molar-refractivity contribution >= 4 is 5.97 Å². The lowest BCUT2D eigenvalue weighted by atomic mass is 9.91. The van der Waals surface area contributed by atoms with E-state index in [1.807, 2.05) is 19.1 Å². The van der Waals surface area contributed by atoms with Crippen LogP contribution in [0.15, 0.2) is 60.7 Å².